The first kappa shape index (κ1) is 19.9. The number of hydrogen-bond donors (Lipinski definition) is 0. The van der Waals surface area contributed by atoms with Crippen LogP contribution in [0, 0.1) is 6.92 Å². The van der Waals surface area contributed by atoms with E-state index in [4.69, 9.17) is 0 Å². The van der Waals surface area contributed by atoms with Crippen molar-refractivity contribution in [3.63, 3.8) is 0 Å². The van der Waals surface area contributed by atoms with Crippen molar-refractivity contribution in [1.82, 2.24) is 14.9 Å². The lowest BCUT2D eigenvalue weighted by atomic mass is 10.2. The number of hydrogen-bond acceptors (Lipinski definition) is 6. The summed E-state index contributed by atoms with van der Waals surface area (Å²) in [7, 11) is 0. The van der Waals surface area contributed by atoms with Crippen molar-refractivity contribution < 1.29 is 4.79 Å². The van der Waals surface area contributed by atoms with Gasteiger partial charge in [-0.1, -0.05) is 6.07 Å². The fraction of sp³-hybridized carbons (Fsp3) is 0.318. The number of aryl methyl sites for hydroxylation is 1. The molecule has 0 saturated carbocycles. The normalized spacial score (nSPS) is 14.7. The van der Waals surface area contributed by atoms with E-state index in [1.165, 1.54) is 5.56 Å². The maximum absolute atomic E-state index is 13.0. The largest absolute Gasteiger partial charge is 0.346 e. The van der Waals surface area contributed by atoms with E-state index in [1.807, 2.05) is 48.4 Å². The van der Waals surface area contributed by atoms with Crippen LogP contribution >= 0.6 is 23.1 Å². The van der Waals surface area contributed by atoms with E-state index in [9.17, 15) is 4.79 Å². The lowest BCUT2D eigenvalue weighted by molar-refractivity contribution is 0.0767. The third-order valence-electron chi connectivity index (χ3n) is 4.89. The summed E-state index contributed by atoms with van der Waals surface area (Å²) in [6.45, 7) is 5.32. The molecule has 7 heteroatoms. The Kier molecular flexibility index (Phi) is 6.46. The smallest absolute Gasteiger partial charge is 0.253 e. The van der Waals surface area contributed by atoms with Crippen LogP contribution in [0.4, 0.5) is 5.13 Å². The third kappa shape index (κ3) is 5.16. The standard InChI is InChI=1S/C22H24N4OS2/c1-17-15-29-22(24-17)26-11-3-10-25(12-13-26)21(27)19-5-7-20(8-6-19)28-16-18-4-2-9-23-14-18/h2,4-9,14-15H,3,10-13,16H2,1H3. The number of anilines is 1. The molecule has 0 spiro atoms. The molecule has 29 heavy (non-hydrogen) atoms. The topological polar surface area (TPSA) is 49.3 Å². The molecule has 0 aliphatic carbocycles. The molecule has 1 aromatic carbocycles. The number of thiazole rings is 1. The Hall–Kier alpha value is -2.38. The molecule has 1 amide bonds. The van der Waals surface area contributed by atoms with Crippen LogP contribution in [0.5, 0.6) is 0 Å². The zero-order valence-corrected chi connectivity index (χ0v) is 18.1. The summed E-state index contributed by atoms with van der Waals surface area (Å²) in [4.78, 5) is 27.1. The van der Waals surface area contributed by atoms with E-state index in [0.29, 0.717) is 0 Å². The second-order valence-corrected chi connectivity index (χ2v) is 8.96. The Labute approximate surface area is 179 Å². The van der Waals surface area contributed by atoms with Crippen LogP contribution in [-0.2, 0) is 5.75 Å². The highest BCUT2D eigenvalue weighted by atomic mass is 32.2. The molecule has 5 nitrogen and oxygen atoms in total. The van der Waals surface area contributed by atoms with Crippen LogP contribution in [-0.4, -0.2) is 47.0 Å². The Morgan fingerprint density at radius 2 is 2.00 bits per heavy atom. The highest BCUT2D eigenvalue weighted by Crippen LogP contribution is 2.24. The minimum absolute atomic E-state index is 0.117. The average Bonchev–Trinajstić information content (AvgIpc) is 3.05. The molecular formula is C22H24N4OS2. The minimum Gasteiger partial charge on any atom is -0.346 e. The van der Waals surface area contributed by atoms with Gasteiger partial charge < -0.3 is 9.80 Å². The van der Waals surface area contributed by atoms with Crippen molar-refractivity contribution in [2.75, 3.05) is 31.1 Å². The fourth-order valence-electron chi connectivity index (χ4n) is 3.33. The molecule has 0 unspecified atom stereocenters. The van der Waals surface area contributed by atoms with Gasteiger partial charge in [0.2, 0.25) is 0 Å². The summed E-state index contributed by atoms with van der Waals surface area (Å²) in [6, 6.07) is 12.0. The molecular weight excluding hydrogens is 400 g/mol. The third-order valence-corrected chi connectivity index (χ3v) is 6.99. The predicted octanol–water partition coefficient (Wildman–Crippen LogP) is 4.49. The molecule has 0 radical (unpaired) electrons. The van der Waals surface area contributed by atoms with Crippen molar-refractivity contribution in [3.05, 3.63) is 71.0 Å². The molecule has 3 heterocycles. The van der Waals surface area contributed by atoms with E-state index in [1.54, 1.807) is 29.3 Å². The monoisotopic (exact) mass is 424 g/mol. The van der Waals surface area contributed by atoms with Gasteiger partial charge in [-0.25, -0.2) is 4.98 Å². The lowest BCUT2D eigenvalue weighted by Crippen LogP contribution is -2.35. The highest BCUT2D eigenvalue weighted by Gasteiger charge is 2.21. The Balaban J connectivity index is 1.34. The quantitative estimate of drug-likeness (QED) is 0.565. The Bertz CT molecular complexity index is 943. The Morgan fingerprint density at radius 1 is 1.14 bits per heavy atom. The number of nitrogens with zero attached hydrogens (tertiary/aromatic N) is 4. The van der Waals surface area contributed by atoms with Crippen molar-refractivity contribution in [2.45, 2.75) is 24.0 Å². The molecule has 1 aliphatic heterocycles. The van der Waals surface area contributed by atoms with Gasteiger partial charge in [-0.2, -0.15) is 0 Å². The van der Waals surface area contributed by atoms with Gasteiger partial charge in [-0.3, -0.25) is 9.78 Å². The summed E-state index contributed by atoms with van der Waals surface area (Å²) < 4.78 is 0. The first-order valence-electron chi connectivity index (χ1n) is 9.77. The van der Waals surface area contributed by atoms with Crippen molar-refractivity contribution in [2.24, 2.45) is 0 Å². The van der Waals surface area contributed by atoms with Gasteiger partial charge in [0.05, 0.1) is 5.69 Å². The molecule has 0 atom stereocenters. The highest BCUT2D eigenvalue weighted by molar-refractivity contribution is 7.98. The molecule has 4 rings (SSSR count). The maximum atomic E-state index is 13.0. The van der Waals surface area contributed by atoms with E-state index in [0.717, 1.165) is 59.6 Å². The van der Waals surface area contributed by atoms with Crippen LogP contribution in [0.25, 0.3) is 0 Å². The number of amides is 1. The van der Waals surface area contributed by atoms with E-state index in [-0.39, 0.29) is 5.91 Å². The van der Waals surface area contributed by atoms with Gasteiger partial charge in [0.25, 0.3) is 5.91 Å². The van der Waals surface area contributed by atoms with Gasteiger partial charge in [0, 0.05) is 60.2 Å². The summed E-state index contributed by atoms with van der Waals surface area (Å²) in [5, 5.41) is 3.14. The molecule has 2 aromatic heterocycles. The molecule has 1 saturated heterocycles. The number of carbonyl (C=O) groups excluding carboxylic acids is 1. The summed E-state index contributed by atoms with van der Waals surface area (Å²) >= 11 is 3.44. The second-order valence-electron chi connectivity index (χ2n) is 7.08. The SMILES string of the molecule is Cc1csc(N2CCCN(C(=O)c3ccc(SCc4cccnc4)cc3)CC2)n1. The lowest BCUT2D eigenvalue weighted by Gasteiger charge is -2.22. The van der Waals surface area contributed by atoms with Crippen LogP contribution < -0.4 is 4.90 Å². The molecule has 150 valence electrons. The summed E-state index contributed by atoms with van der Waals surface area (Å²) in [6.07, 6.45) is 4.64. The number of rotatable bonds is 5. The average molecular weight is 425 g/mol. The number of benzene rings is 1. The zero-order chi connectivity index (χ0) is 20.1. The van der Waals surface area contributed by atoms with Gasteiger partial charge in [-0.05, 0) is 49.2 Å². The van der Waals surface area contributed by atoms with Crippen LogP contribution in [0.2, 0.25) is 0 Å². The van der Waals surface area contributed by atoms with Crippen LogP contribution in [0.1, 0.15) is 28.0 Å². The van der Waals surface area contributed by atoms with Crippen LogP contribution in [0.3, 0.4) is 0 Å². The summed E-state index contributed by atoms with van der Waals surface area (Å²) in [5.41, 5.74) is 3.01. The number of pyridine rings is 1. The predicted molar refractivity (Wildman–Crippen MR) is 120 cm³/mol. The van der Waals surface area contributed by atoms with Crippen molar-refractivity contribution >= 4 is 34.1 Å². The first-order chi connectivity index (χ1) is 14.2. The molecule has 3 aromatic rings. The zero-order valence-electron chi connectivity index (χ0n) is 16.5. The first-order valence-corrected chi connectivity index (χ1v) is 11.6. The van der Waals surface area contributed by atoms with Gasteiger partial charge in [-0.15, -0.1) is 23.1 Å². The van der Waals surface area contributed by atoms with Gasteiger partial charge >= 0.3 is 0 Å². The van der Waals surface area contributed by atoms with Crippen molar-refractivity contribution in [3.8, 4) is 0 Å². The molecule has 0 N–H and O–H groups in total. The van der Waals surface area contributed by atoms with Gasteiger partial charge in [0.1, 0.15) is 0 Å². The second kappa shape index (κ2) is 9.41. The number of aromatic nitrogens is 2. The van der Waals surface area contributed by atoms with Gasteiger partial charge in [0.15, 0.2) is 5.13 Å². The summed E-state index contributed by atoms with van der Waals surface area (Å²) in [5.74, 6) is 0.991. The Morgan fingerprint density at radius 3 is 2.72 bits per heavy atom. The fourth-order valence-corrected chi connectivity index (χ4v) is 5.01. The van der Waals surface area contributed by atoms with Crippen LogP contribution in [0.15, 0.2) is 59.1 Å². The minimum atomic E-state index is 0.117. The number of carbonyl (C=O) groups is 1. The maximum Gasteiger partial charge on any atom is 0.253 e. The van der Waals surface area contributed by atoms with E-state index in [2.05, 4.69) is 26.3 Å². The molecule has 1 fully saturated rings. The molecule has 1 aliphatic rings. The van der Waals surface area contributed by atoms with E-state index >= 15 is 0 Å². The number of thioether (sulfide) groups is 1. The van der Waals surface area contributed by atoms with E-state index < -0.39 is 0 Å². The molecule has 0 bridgehead atoms. The van der Waals surface area contributed by atoms with Crippen molar-refractivity contribution in [1.29, 1.82) is 0 Å².